The van der Waals surface area contributed by atoms with E-state index in [0.717, 1.165) is 24.3 Å². The van der Waals surface area contributed by atoms with Crippen LogP contribution in [-0.2, 0) is 23.2 Å². The monoisotopic (exact) mass is 463 g/mol. The number of carbonyl (C=O) groups excluding carboxylic acids is 2. The summed E-state index contributed by atoms with van der Waals surface area (Å²) in [5, 5.41) is 5.90. The number of aromatic nitrogens is 2. The van der Waals surface area contributed by atoms with Gasteiger partial charge in [0.05, 0.1) is 11.0 Å². The minimum Gasteiger partial charge on any atom is -0.371 e. The van der Waals surface area contributed by atoms with Crippen molar-refractivity contribution in [1.82, 2.24) is 14.5 Å². The second kappa shape index (κ2) is 9.75. The van der Waals surface area contributed by atoms with Gasteiger partial charge < -0.3 is 15.5 Å². The zero-order valence-electron chi connectivity index (χ0n) is 20.1. The van der Waals surface area contributed by atoms with Crippen molar-refractivity contribution in [3.63, 3.8) is 0 Å². The normalized spacial score (nSPS) is 15.3. The summed E-state index contributed by atoms with van der Waals surface area (Å²) < 4.78 is 2.96. The molecule has 0 saturated carbocycles. The predicted molar refractivity (Wildman–Crippen MR) is 135 cm³/mol. The highest BCUT2D eigenvalue weighted by Gasteiger charge is 2.34. The minimum absolute atomic E-state index is 0.156. The van der Waals surface area contributed by atoms with E-state index < -0.39 is 5.54 Å². The average Bonchev–Trinajstić information content (AvgIpc) is 3.44. The first-order valence-electron chi connectivity index (χ1n) is 11.9. The molecule has 3 aromatic rings. The van der Waals surface area contributed by atoms with Crippen LogP contribution in [0.3, 0.4) is 0 Å². The van der Waals surface area contributed by atoms with E-state index in [1.807, 2.05) is 49.4 Å². The molecule has 2 heterocycles. The SMILES string of the molecule is CCCC(C)(NC(=O)Cn1c(=O)n(C)c2ccccc21)C(=O)Nc1cccc(N2CCCC2)c1. The molecule has 0 radical (unpaired) electrons. The van der Waals surface area contributed by atoms with Crippen molar-refractivity contribution in [2.45, 2.75) is 51.6 Å². The summed E-state index contributed by atoms with van der Waals surface area (Å²) in [7, 11) is 1.68. The Morgan fingerprint density at radius 1 is 1.03 bits per heavy atom. The predicted octanol–water partition coefficient (Wildman–Crippen LogP) is 3.25. The van der Waals surface area contributed by atoms with Gasteiger partial charge in [0, 0.05) is 31.5 Å². The van der Waals surface area contributed by atoms with E-state index in [9.17, 15) is 14.4 Å². The largest absolute Gasteiger partial charge is 0.371 e. The van der Waals surface area contributed by atoms with Gasteiger partial charge in [-0.3, -0.25) is 18.7 Å². The summed E-state index contributed by atoms with van der Waals surface area (Å²) in [4.78, 5) is 41.3. The molecule has 1 aromatic heterocycles. The number of benzene rings is 2. The molecular formula is C26H33N5O3. The van der Waals surface area contributed by atoms with Crippen LogP contribution in [0, 0.1) is 0 Å². The number of aryl methyl sites for hydroxylation is 1. The Morgan fingerprint density at radius 3 is 2.44 bits per heavy atom. The van der Waals surface area contributed by atoms with Crippen LogP contribution in [0.15, 0.2) is 53.3 Å². The number of amides is 2. The second-order valence-corrected chi connectivity index (χ2v) is 9.25. The maximum atomic E-state index is 13.3. The fourth-order valence-electron chi connectivity index (χ4n) is 4.76. The lowest BCUT2D eigenvalue weighted by atomic mass is 9.94. The van der Waals surface area contributed by atoms with Crippen LogP contribution in [0.1, 0.15) is 39.5 Å². The highest BCUT2D eigenvalue weighted by Crippen LogP contribution is 2.24. The number of para-hydroxylation sites is 2. The van der Waals surface area contributed by atoms with Gasteiger partial charge in [-0.05, 0) is 56.5 Å². The summed E-state index contributed by atoms with van der Waals surface area (Å²) >= 11 is 0. The lowest BCUT2D eigenvalue weighted by Gasteiger charge is -2.29. The smallest absolute Gasteiger partial charge is 0.329 e. The van der Waals surface area contributed by atoms with Crippen LogP contribution in [0.25, 0.3) is 11.0 Å². The highest BCUT2D eigenvalue weighted by atomic mass is 16.2. The molecule has 1 atom stereocenters. The van der Waals surface area contributed by atoms with E-state index >= 15 is 0 Å². The second-order valence-electron chi connectivity index (χ2n) is 9.25. The van der Waals surface area contributed by atoms with Gasteiger partial charge in [-0.1, -0.05) is 31.5 Å². The molecule has 0 spiro atoms. The molecule has 1 saturated heterocycles. The molecule has 8 nitrogen and oxygen atoms in total. The quantitative estimate of drug-likeness (QED) is 0.537. The molecule has 1 aliphatic heterocycles. The standard InChI is InChI=1S/C26H33N5O3/c1-4-14-26(2,24(33)27-19-10-9-11-20(17-19)30-15-7-8-16-30)28-23(32)18-31-22-13-6-5-12-21(22)29(3)25(31)34/h5-6,9-13,17H,4,7-8,14-16,18H2,1-3H3,(H,27,33)(H,28,32). The molecule has 2 aromatic carbocycles. The molecule has 0 bridgehead atoms. The molecule has 0 aliphatic carbocycles. The Bertz CT molecular complexity index is 1250. The van der Waals surface area contributed by atoms with Crippen molar-refractivity contribution < 1.29 is 9.59 Å². The molecule has 2 amide bonds. The topological polar surface area (TPSA) is 88.4 Å². The van der Waals surface area contributed by atoms with Crippen molar-refractivity contribution in [2.24, 2.45) is 7.05 Å². The van der Waals surface area contributed by atoms with Crippen molar-refractivity contribution in [1.29, 1.82) is 0 Å². The van der Waals surface area contributed by atoms with Crippen molar-refractivity contribution in [2.75, 3.05) is 23.3 Å². The van der Waals surface area contributed by atoms with Gasteiger partial charge in [-0.2, -0.15) is 0 Å². The lowest BCUT2D eigenvalue weighted by Crippen LogP contribution is -2.55. The number of anilines is 2. The Balaban J connectivity index is 1.50. The zero-order valence-corrected chi connectivity index (χ0v) is 20.1. The summed E-state index contributed by atoms with van der Waals surface area (Å²) in [5.74, 6) is -0.651. The third-order valence-corrected chi connectivity index (χ3v) is 6.60. The number of hydrogen-bond acceptors (Lipinski definition) is 4. The Hall–Kier alpha value is -3.55. The van der Waals surface area contributed by atoms with Crippen LogP contribution in [0.4, 0.5) is 11.4 Å². The zero-order chi connectivity index (χ0) is 24.3. The molecule has 1 fully saturated rings. The minimum atomic E-state index is -1.11. The lowest BCUT2D eigenvalue weighted by molar-refractivity contribution is -0.130. The van der Waals surface area contributed by atoms with Crippen LogP contribution in [-0.4, -0.2) is 39.6 Å². The number of nitrogens with zero attached hydrogens (tertiary/aromatic N) is 3. The number of hydrogen-bond donors (Lipinski definition) is 2. The first-order valence-corrected chi connectivity index (χ1v) is 11.9. The first kappa shape index (κ1) is 23.6. The molecule has 34 heavy (non-hydrogen) atoms. The van der Waals surface area contributed by atoms with Crippen LogP contribution in [0.2, 0.25) is 0 Å². The first-order chi connectivity index (χ1) is 16.3. The van der Waals surface area contributed by atoms with Gasteiger partial charge in [-0.15, -0.1) is 0 Å². The van der Waals surface area contributed by atoms with Crippen LogP contribution >= 0.6 is 0 Å². The Morgan fingerprint density at radius 2 is 1.74 bits per heavy atom. The van der Waals surface area contributed by atoms with E-state index in [4.69, 9.17) is 0 Å². The maximum Gasteiger partial charge on any atom is 0.329 e. The third kappa shape index (κ3) is 4.71. The van der Waals surface area contributed by atoms with E-state index in [0.29, 0.717) is 24.0 Å². The van der Waals surface area contributed by atoms with E-state index in [-0.39, 0.29) is 24.0 Å². The van der Waals surface area contributed by atoms with E-state index in [1.165, 1.54) is 22.0 Å². The summed E-state index contributed by atoms with van der Waals surface area (Å²) in [6.45, 7) is 5.60. The maximum absolute atomic E-state index is 13.3. The average molecular weight is 464 g/mol. The van der Waals surface area contributed by atoms with Crippen LogP contribution < -0.4 is 21.2 Å². The summed E-state index contributed by atoms with van der Waals surface area (Å²) in [5.41, 5.74) is 1.86. The summed E-state index contributed by atoms with van der Waals surface area (Å²) in [6.07, 6.45) is 3.54. The van der Waals surface area contributed by atoms with Crippen LogP contribution in [0.5, 0.6) is 0 Å². The van der Waals surface area contributed by atoms with E-state index in [1.54, 1.807) is 14.0 Å². The molecule has 1 unspecified atom stereocenters. The molecule has 8 heteroatoms. The van der Waals surface area contributed by atoms with Gasteiger partial charge in [0.2, 0.25) is 11.8 Å². The van der Waals surface area contributed by atoms with E-state index in [2.05, 4.69) is 21.6 Å². The number of imidazole rings is 1. The van der Waals surface area contributed by atoms with Crippen molar-refractivity contribution in [3.8, 4) is 0 Å². The highest BCUT2D eigenvalue weighted by molar-refractivity contribution is 6.00. The van der Waals surface area contributed by atoms with Gasteiger partial charge >= 0.3 is 5.69 Å². The number of rotatable bonds is 8. The summed E-state index contributed by atoms with van der Waals surface area (Å²) in [6, 6.07) is 15.2. The fourth-order valence-corrected chi connectivity index (χ4v) is 4.76. The van der Waals surface area contributed by atoms with Gasteiger partial charge in [0.15, 0.2) is 0 Å². The van der Waals surface area contributed by atoms with Crippen molar-refractivity contribution >= 4 is 34.2 Å². The van der Waals surface area contributed by atoms with Crippen molar-refractivity contribution in [3.05, 3.63) is 59.0 Å². The number of carbonyl (C=O) groups is 2. The molecule has 2 N–H and O–H groups in total. The fraction of sp³-hybridized carbons (Fsp3) is 0.423. The van der Waals surface area contributed by atoms with Gasteiger partial charge in [-0.25, -0.2) is 4.79 Å². The molecule has 180 valence electrons. The third-order valence-electron chi connectivity index (χ3n) is 6.60. The molecule has 4 rings (SSSR count). The Kier molecular flexibility index (Phi) is 6.77. The molecule has 1 aliphatic rings. The van der Waals surface area contributed by atoms with Gasteiger partial charge in [0.25, 0.3) is 0 Å². The van der Waals surface area contributed by atoms with Gasteiger partial charge in [0.1, 0.15) is 12.1 Å². The number of fused-ring (bicyclic) bond motifs is 1. The molecular weight excluding hydrogens is 430 g/mol. The Labute approximate surface area is 199 Å². The number of nitrogens with one attached hydrogen (secondary N) is 2.